The highest BCUT2D eigenvalue weighted by Crippen LogP contribution is 2.40. The maximum atomic E-state index is 13.9. The largest absolute Gasteiger partial charge is 0.294 e. The summed E-state index contributed by atoms with van der Waals surface area (Å²) in [7, 11) is -3.58. The van der Waals surface area contributed by atoms with Crippen LogP contribution in [0.2, 0.25) is 0 Å². The number of nitrogens with one attached hydrogen (secondary N) is 1. The molecule has 2 aromatic carbocycles. The summed E-state index contributed by atoms with van der Waals surface area (Å²) in [6, 6.07) is 6.54. The van der Waals surface area contributed by atoms with Crippen molar-refractivity contribution < 1.29 is 22.0 Å². The first-order valence-corrected chi connectivity index (χ1v) is 9.75. The number of hydrogen-bond acceptors (Lipinski definition) is 4. The zero-order valence-corrected chi connectivity index (χ0v) is 14.2. The maximum Gasteiger partial charge on any atom is 0.229 e. The van der Waals surface area contributed by atoms with Crippen molar-refractivity contribution in [2.45, 2.75) is 22.6 Å². The van der Waals surface area contributed by atoms with E-state index in [4.69, 9.17) is 0 Å². The number of rotatable bonds is 4. The fourth-order valence-corrected chi connectivity index (χ4v) is 4.11. The average Bonchev–Trinajstić information content (AvgIpc) is 2.82. The standard InChI is InChI=1S/C16H13F2NO3S2/c1-24(21,22)19-13-7-9-5-6-14(20)10(9)8-15(13)23-16-11(17)3-2-4-12(16)18/h2-4,7-8,19H,5-6H2,1H3. The first-order chi connectivity index (χ1) is 11.2. The molecule has 3 rings (SSSR count). The smallest absolute Gasteiger partial charge is 0.229 e. The van der Waals surface area contributed by atoms with Gasteiger partial charge in [-0.2, -0.15) is 0 Å². The van der Waals surface area contributed by atoms with Crippen LogP contribution in [-0.2, 0) is 16.4 Å². The molecule has 0 amide bonds. The van der Waals surface area contributed by atoms with Gasteiger partial charge in [0, 0.05) is 16.9 Å². The van der Waals surface area contributed by atoms with E-state index in [0.717, 1.165) is 35.7 Å². The Hall–Kier alpha value is -1.93. The molecular formula is C16H13F2NO3S2. The lowest BCUT2D eigenvalue weighted by atomic mass is 10.1. The molecule has 0 aliphatic heterocycles. The minimum Gasteiger partial charge on any atom is -0.294 e. The van der Waals surface area contributed by atoms with E-state index in [2.05, 4.69) is 4.72 Å². The van der Waals surface area contributed by atoms with Crippen molar-refractivity contribution in [1.82, 2.24) is 0 Å². The molecule has 1 aliphatic carbocycles. The van der Waals surface area contributed by atoms with Gasteiger partial charge in [-0.3, -0.25) is 9.52 Å². The van der Waals surface area contributed by atoms with Gasteiger partial charge in [0.15, 0.2) is 5.78 Å². The van der Waals surface area contributed by atoms with Crippen LogP contribution in [0.4, 0.5) is 14.5 Å². The molecule has 1 aliphatic rings. The minimum absolute atomic E-state index is 0.0632. The summed E-state index contributed by atoms with van der Waals surface area (Å²) in [6.07, 6.45) is 1.85. The third-order valence-electron chi connectivity index (χ3n) is 3.55. The Kier molecular flexibility index (Phi) is 4.35. The van der Waals surface area contributed by atoms with E-state index < -0.39 is 21.7 Å². The highest BCUT2D eigenvalue weighted by molar-refractivity contribution is 7.99. The molecular weight excluding hydrogens is 356 g/mol. The van der Waals surface area contributed by atoms with Crippen molar-refractivity contribution in [3.05, 3.63) is 53.1 Å². The molecule has 0 spiro atoms. The topological polar surface area (TPSA) is 63.2 Å². The van der Waals surface area contributed by atoms with E-state index in [0.29, 0.717) is 18.4 Å². The second-order valence-corrected chi connectivity index (χ2v) is 8.26. The molecule has 24 heavy (non-hydrogen) atoms. The number of fused-ring (bicyclic) bond motifs is 1. The van der Waals surface area contributed by atoms with Gasteiger partial charge in [-0.1, -0.05) is 17.8 Å². The van der Waals surface area contributed by atoms with E-state index in [1.54, 1.807) is 6.07 Å². The summed E-state index contributed by atoms with van der Waals surface area (Å²) in [5.41, 5.74) is 1.40. The van der Waals surface area contributed by atoms with E-state index in [1.165, 1.54) is 12.1 Å². The van der Waals surface area contributed by atoms with Crippen molar-refractivity contribution in [1.29, 1.82) is 0 Å². The summed E-state index contributed by atoms with van der Waals surface area (Å²) in [5, 5.41) is 0. The third-order valence-corrected chi connectivity index (χ3v) is 5.30. The van der Waals surface area contributed by atoms with Crippen molar-refractivity contribution in [3.63, 3.8) is 0 Å². The van der Waals surface area contributed by atoms with Gasteiger partial charge in [0.1, 0.15) is 11.6 Å². The Morgan fingerprint density at radius 3 is 2.42 bits per heavy atom. The Labute approximate surface area is 142 Å². The van der Waals surface area contributed by atoms with Crippen LogP contribution in [0.15, 0.2) is 40.1 Å². The molecule has 4 nitrogen and oxygen atoms in total. The monoisotopic (exact) mass is 369 g/mol. The number of ketones is 1. The van der Waals surface area contributed by atoms with E-state index in [9.17, 15) is 22.0 Å². The number of carbonyl (C=O) groups excluding carboxylic acids is 1. The second kappa shape index (κ2) is 6.18. The maximum absolute atomic E-state index is 13.9. The Balaban J connectivity index is 2.11. The number of sulfonamides is 1. The minimum atomic E-state index is -3.58. The molecule has 0 heterocycles. The quantitative estimate of drug-likeness (QED) is 0.894. The van der Waals surface area contributed by atoms with Crippen LogP contribution in [0, 0.1) is 11.6 Å². The number of anilines is 1. The molecule has 8 heteroatoms. The van der Waals surface area contributed by atoms with Crippen molar-refractivity contribution in [3.8, 4) is 0 Å². The number of benzene rings is 2. The predicted molar refractivity (Wildman–Crippen MR) is 88.0 cm³/mol. The van der Waals surface area contributed by atoms with E-state index in [1.807, 2.05) is 0 Å². The molecule has 0 saturated carbocycles. The van der Waals surface area contributed by atoms with Gasteiger partial charge in [0.25, 0.3) is 0 Å². The molecule has 126 valence electrons. The molecule has 0 bridgehead atoms. The highest BCUT2D eigenvalue weighted by atomic mass is 32.2. The Morgan fingerprint density at radius 1 is 1.12 bits per heavy atom. The zero-order chi connectivity index (χ0) is 17.5. The lowest BCUT2D eigenvalue weighted by Crippen LogP contribution is -2.11. The average molecular weight is 369 g/mol. The van der Waals surface area contributed by atoms with Gasteiger partial charge >= 0.3 is 0 Å². The molecule has 0 fully saturated rings. The molecule has 0 atom stereocenters. The van der Waals surface area contributed by atoms with E-state index >= 15 is 0 Å². The summed E-state index contributed by atoms with van der Waals surface area (Å²) >= 11 is 0.747. The fraction of sp³-hybridized carbons (Fsp3) is 0.188. The zero-order valence-electron chi connectivity index (χ0n) is 12.6. The number of hydrogen-bond donors (Lipinski definition) is 1. The lowest BCUT2D eigenvalue weighted by molar-refractivity contribution is 0.0994. The molecule has 0 radical (unpaired) electrons. The molecule has 1 N–H and O–H groups in total. The first-order valence-electron chi connectivity index (χ1n) is 7.04. The molecule has 0 unspecified atom stereocenters. The third kappa shape index (κ3) is 3.44. The number of carbonyl (C=O) groups is 1. The van der Waals surface area contributed by atoms with Crippen LogP contribution in [-0.4, -0.2) is 20.5 Å². The Bertz CT molecular complexity index is 922. The van der Waals surface area contributed by atoms with Gasteiger partial charge in [0.2, 0.25) is 10.0 Å². The van der Waals surface area contributed by atoms with Crippen molar-refractivity contribution >= 4 is 33.3 Å². The summed E-state index contributed by atoms with van der Waals surface area (Å²) in [4.78, 5) is 11.9. The van der Waals surface area contributed by atoms with Gasteiger partial charge in [-0.25, -0.2) is 17.2 Å². The number of Topliss-reactive ketones (excluding diaryl/α,β-unsaturated/α-hetero) is 1. The summed E-state index contributed by atoms with van der Waals surface area (Å²) in [5.74, 6) is -1.57. The van der Waals surface area contributed by atoms with Crippen LogP contribution in [0.25, 0.3) is 0 Å². The normalized spacial score (nSPS) is 13.9. The SMILES string of the molecule is CS(=O)(=O)Nc1cc2c(cc1Sc1c(F)cccc1F)C(=O)CC2. The number of aryl methyl sites for hydroxylation is 1. The van der Waals surface area contributed by atoms with Gasteiger partial charge in [-0.05, 0) is 36.2 Å². The van der Waals surface area contributed by atoms with Gasteiger partial charge < -0.3 is 0 Å². The van der Waals surface area contributed by atoms with Crippen molar-refractivity contribution in [2.75, 3.05) is 11.0 Å². The van der Waals surface area contributed by atoms with Crippen LogP contribution < -0.4 is 4.72 Å². The predicted octanol–water partition coefficient (Wildman–Crippen LogP) is 3.62. The second-order valence-electron chi connectivity index (χ2n) is 5.46. The first kappa shape index (κ1) is 16.9. The fourth-order valence-electron chi connectivity index (χ4n) is 2.53. The van der Waals surface area contributed by atoms with Gasteiger partial charge in [0.05, 0.1) is 16.8 Å². The van der Waals surface area contributed by atoms with E-state index in [-0.39, 0.29) is 21.3 Å². The van der Waals surface area contributed by atoms with Crippen LogP contribution >= 0.6 is 11.8 Å². The molecule has 2 aromatic rings. The summed E-state index contributed by atoms with van der Waals surface area (Å²) < 4.78 is 53.3. The highest BCUT2D eigenvalue weighted by Gasteiger charge is 2.24. The van der Waals surface area contributed by atoms with Gasteiger partial charge in [-0.15, -0.1) is 0 Å². The Morgan fingerprint density at radius 2 is 1.79 bits per heavy atom. The summed E-state index contributed by atoms with van der Waals surface area (Å²) in [6.45, 7) is 0. The lowest BCUT2D eigenvalue weighted by Gasteiger charge is -2.13. The molecule has 0 aromatic heterocycles. The van der Waals surface area contributed by atoms with Crippen LogP contribution in [0.3, 0.4) is 0 Å². The number of halogens is 2. The van der Waals surface area contributed by atoms with Crippen LogP contribution in [0.5, 0.6) is 0 Å². The molecule has 0 saturated heterocycles. The van der Waals surface area contributed by atoms with Crippen molar-refractivity contribution in [2.24, 2.45) is 0 Å². The van der Waals surface area contributed by atoms with Crippen LogP contribution in [0.1, 0.15) is 22.3 Å².